The van der Waals surface area contributed by atoms with E-state index in [9.17, 15) is 4.79 Å². The average molecular weight is 522 g/mol. The maximum absolute atomic E-state index is 12.7. The first-order valence-electron chi connectivity index (χ1n) is 11.1. The quantitative estimate of drug-likeness (QED) is 0.271. The van der Waals surface area contributed by atoms with E-state index >= 15 is 0 Å². The lowest BCUT2D eigenvalue weighted by Crippen LogP contribution is -2.14. The number of aryl methyl sites for hydroxylation is 1. The monoisotopic (exact) mass is 521 g/mol. The molecule has 1 amide bonds. The van der Waals surface area contributed by atoms with Crippen LogP contribution in [-0.2, 0) is 11.2 Å². The normalized spacial score (nSPS) is 11.1. The van der Waals surface area contributed by atoms with Crippen LogP contribution in [0.2, 0.25) is 0 Å². The standard InChI is InChI=1S/C24H23N7O3S2/c1-4-21-27-29-23(36-21)26-20(32)13-35-24-30-28-22(16-12-25-17-8-6-5-7-15(16)17)31(24)18-11-14(33-2)9-10-19(18)34-3/h5-12,25H,4,13H2,1-3H3,(H,26,29,32). The predicted octanol–water partition coefficient (Wildman–Crippen LogP) is 4.58. The van der Waals surface area contributed by atoms with Crippen LogP contribution >= 0.6 is 23.1 Å². The number of ether oxygens (including phenoxy) is 2. The number of H-pyrrole nitrogens is 1. The number of amides is 1. The van der Waals surface area contributed by atoms with Gasteiger partial charge in [-0.25, -0.2) is 0 Å². The summed E-state index contributed by atoms with van der Waals surface area (Å²) < 4.78 is 13.0. The molecule has 0 aliphatic rings. The van der Waals surface area contributed by atoms with Gasteiger partial charge >= 0.3 is 0 Å². The van der Waals surface area contributed by atoms with Crippen molar-refractivity contribution in [2.24, 2.45) is 0 Å². The Morgan fingerprint density at radius 2 is 1.97 bits per heavy atom. The van der Waals surface area contributed by atoms with Crippen LogP contribution < -0.4 is 14.8 Å². The Bertz CT molecular complexity index is 1530. The minimum atomic E-state index is -0.209. The third-order valence-corrected chi connectivity index (χ3v) is 7.35. The van der Waals surface area contributed by atoms with Gasteiger partial charge in [-0.3, -0.25) is 14.7 Å². The minimum absolute atomic E-state index is 0.110. The van der Waals surface area contributed by atoms with Gasteiger partial charge in [-0.05, 0) is 24.6 Å². The predicted molar refractivity (Wildman–Crippen MR) is 140 cm³/mol. The molecule has 0 saturated carbocycles. The van der Waals surface area contributed by atoms with E-state index in [1.54, 1.807) is 14.2 Å². The highest BCUT2D eigenvalue weighted by molar-refractivity contribution is 7.99. The smallest absolute Gasteiger partial charge is 0.236 e. The van der Waals surface area contributed by atoms with E-state index in [4.69, 9.17) is 9.47 Å². The molecule has 0 aliphatic carbocycles. The van der Waals surface area contributed by atoms with Crippen LogP contribution in [0.5, 0.6) is 11.5 Å². The number of benzene rings is 2. The Hall–Kier alpha value is -3.90. The number of aromatic nitrogens is 6. The first-order valence-corrected chi connectivity index (χ1v) is 12.9. The van der Waals surface area contributed by atoms with Crippen molar-refractivity contribution in [3.05, 3.63) is 53.7 Å². The molecule has 0 fully saturated rings. The molecule has 5 rings (SSSR count). The average Bonchev–Trinajstić information content (AvgIpc) is 3.65. The van der Waals surface area contributed by atoms with Gasteiger partial charge in [0, 0.05) is 28.7 Å². The number of carbonyl (C=O) groups excluding carboxylic acids is 1. The highest BCUT2D eigenvalue weighted by Gasteiger charge is 2.22. The van der Waals surface area contributed by atoms with Crippen molar-refractivity contribution in [2.45, 2.75) is 18.5 Å². The van der Waals surface area contributed by atoms with Crippen LogP contribution in [0.25, 0.3) is 28.0 Å². The van der Waals surface area contributed by atoms with Crippen LogP contribution in [0.15, 0.2) is 53.8 Å². The van der Waals surface area contributed by atoms with E-state index in [2.05, 4.69) is 30.7 Å². The molecule has 184 valence electrons. The number of hydrogen-bond donors (Lipinski definition) is 2. The van der Waals surface area contributed by atoms with Crippen molar-refractivity contribution in [3.8, 4) is 28.6 Å². The molecular weight excluding hydrogens is 498 g/mol. The highest BCUT2D eigenvalue weighted by Crippen LogP contribution is 2.37. The Balaban J connectivity index is 1.53. The molecule has 0 radical (unpaired) electrons. The fourth-order valence-electron chi connectivity index (χ4n) is 3.72. The summed E-state index contributed by atoms with van der Waals surface area (Å²) in [6.07, 6.45) is 2.67. The fraction of sp³-hybridized carbons (Fsp3) is 0.208. The van der Waals surface area contributed by atoms with Crippen molar-refractivity contribution < 1.29 is 14.3 Å². The molecule has 12 heteroatoms. The molecule has 5 aromatic rings. The van der Waals surface area contributed by atoms with Gasteiger partial charge in [-0.15, -0.1) is 20.4 Å². The summed E-state index contributed by atoms with van der Waals surface area (Å²) in [6, 6.07) is 13.5. The fourth-order valence-corrected chi connectivity index (χ4v) is 5.16. The molecule has 0 bridgehead atoms. The van der Waals surface area contributed by atoms with Crippen molar-refractivity contribution in [1.82, 2.24) is 29.9 Å². The van der Waals surface area contributed by atoms with Crippen molar-refractivity contribution in [2.75, 3.05) is 25.3 Å². The van der Waals surface area contributed by atoms with Gasteiger partial charge in [0.1, 0.15) is 16.5 Å². The summed E-state index contributed by atoms with van der Waals surface area (Å²) in [5, 5.41) is 22.7. The molecular formula is C24H23N7O3S2. The lowest BCUT2D eigenvalue weighted by atomic mass is 10.1. The lowest BCUT2D eigenvalue weighted by Gasteiger charge is -2.15. The zero-order valence-corrected chi connectivity index (χ0v) is 21.4. The number of para-hydroxylation sites is 1. The van der Waals surface area contributed by atoms with Gasteiger partial charge in [0.2, 0.25) is 11.0 Å². The van der Waals surface area contributed by atoms with E-state index in [0.717, 1.165) is 27.9 Å². The van der Waals surface area contributed by atoms with Gasteiger partial charge < -0.3 is 14.5 Å². The number of thioether (sulfide) groups is 1. The number of anilines is 1. The third-order valence-electron chi connectivity index (χ3n) is 5.44. The van der Waals surface area contributed by atoms with Gasteiger partial charge in [0.25, 0.3) is 0 Å². The molecule has 0 atom stereocenters. The number of rotatable bonds is 9. The van der Waals surface area contributed by atoms with Gasteiger partial charge in [0.15, 0.2) is 11.0 Å². The van der Waals surface area contributed by atoms with Gasteiger partial charge in [0.05, 0.1) is 25.7 Å². The molecule has 10 nitrogen and oxygen atoms in total. The molecule has 3 aromatic heterocycles. The first kappa shape index (κ1) is 23.8. The number of carbonyl (C=O) groups is 1. The summed E-state index contributed by atoms with van der Waals surface area (Å²) in [4.78, 5) is 16.0. The summed E-state index contributed by atoms with van der Waals surface area (Å²) in [6.45, 7) is 1.99. The Morgan fingerprint density at radius 1 is 1.11 bits per heavy atom. The topological polar surface area (TPSA) is 120 Å². The van der Waals surface area contributed by atoms with E-state index in [-0.39, 0.29) is 11.7 Å². The summed E-state index contributed by atoms with van der Waals surface area (Å²) in [5.74, 6) is 1.78. The van der Waals surface area contributed by atoms with E-state index < -0.39 is 0 Å². The molecule has 36 heavy (non-hydrogen) atoms. The van der Waals surface area contributed by atoms with Crippen LogP contribution in [-0.4, -0.2) is 55.8 Å². The lowest BCUT2D eigenvalue weighted by molar-refractivity contribution is -0.113. The number of nitrogens with one attached hydrogen (secondary N) is 2. The molecule has 0 spiro atoms. The maximum atomic E-state index is 12.7. The van der Waals surface area contributed by atoms with E-state index in [0.29, 0.717) is 33.3 Å². The molecule has 3 heterocycles. The molecule has 0 saturated heterocycles. The molecule has 2 aromatic carbocycles. The molecule has 0 aliphatic heterocycles. The molecule has 0 unspecified atom stereocenters. The van der Waals surface area contributed by atoms with E-state index in [1.807, 2.05) is 60.2 Å². The first-order chi connectivity index (χ1) is 17.6. The van der Waals surface area contributed by atoms with E-state index in [1.165, 1.54) is 23.1 Å². The summed E-state index contributed by atoms with van der Waals surface area (Å²) in [5.41, 5.74) is 2.55. The SMILES string of the molecule is CCc1nnc(NC(=O)CSc2nnc(-c3c[nH]c4ccccc34)n2-c2cc(OC)ccc2OC)s1. The second-order valence-corrected chi connectivity index (χ2v) is 9.62. The second kappa shape index (κ2) is 10.4. The van der Waals surface area contributed by atoms with Crippen LogP contribution in [0.1, 0.15) is 11.9 Å². The third kappa shape index (κ3) is 4.64. The second-order valence-electron chi connectivity index (χ2n) is 7.62. The van der Waals surface area contributed by atoms with Crippen molar-refractivity contribution in [3.63, 3.8) is 0 Å². The van der Waals surface area contributed by atoms with Crippen LogP contribution in [0, 0.1) is 0 Å². The van der Waals surface area contributed by atoms with Crippen molar-refractivity contribution >= 4 is 45.0 Å². The summed E-state index contributed by atoms with van der Waals surface area (Å²) in [7, 11) is 3.21. The highest BCUT2D eigenvalue weighted by atomic mass is 32.2. The van der Waals surface area contributed by atoms with Gasteiger partial charge in [-0.2, -0.15) is 0 Å². The van der Waals surface area contributed by atoms with Crippen LogP contribution in [0.4, 0.5) is 5.13 Å². The number of methoxy groups -OCH3 is 2. The largest absolute Gasteiger partial charge is 0.497 e. The minimum Gasteiger partial charge on any atom is -0.497 e. The van der Waals surface area contributed by atoms with Crippen LogP contribution in [0.3, 0.4) is 0 Å². The Labute approximate surface area is 215 Å². The Kier molecular flexibility index (Phi) is 6.87. The number of hydrogen-bond acceptors (Lipinski definition) is 9. The van der Waals surface area contributed by atoms with Crippen molar-refractivity contribution in [1.29, 1.82) is 0 Å². The number of nitrogens with zero attached hydrogens (tertiary/aromatic N) is 5. The Morgan fingerprint density at radius 3 is 2.75 bits per heavy atom. The summed E-state index contributed by atoms with van der Waals surface area (Å²) >= 11 is 2.63. The zero-order valence-electron chi connectivity index (χ0n) is 19.8. The molecule has 2 N–H and O–H groups in total. The number of aromatic amines is 1. The number of fused-ring (bicyclic) bond motifs is 1. The van der Waals surface area contributed by atoms with Gasteiger partial charge in [-0.1, -0.05) is 48.2 Å². The maximum Gasteiger partial charge on any atom is 0.236 e. The zero-order chi connectivity index (χ0) is 25.1.